The maximum atomic E-state index is 14.4. The van der Waals surface area contributed by atoms with Crippen LogP contribution in [-0.2, 0) is 11.5 Å². The van der Waals surface area contributed by atoms with Crippen LogP contribution in [0.25, 0.3) is 0 Å². The van der Waals surface area contributed by atoms with E-state index in [4.69, 9.17) is 0 Å². The second-order valence-corrected chi connectivity index (χ2v) is 10.3. The summed E-state index contributed by atoms with van der Waals surface area (Å²) in [4.78, 5) is 12.9. The summed E-state index contributed by atoms with van der Waals surface area (Å²) in [5.74, 6) is -5.85. The molecule has 4 fully saturated rings. The Morgan fingerprint density at radius 3 is 2.17 bits per heavy atom. The van der Waals surface area contributed by atoms with Crippen molar-refractivity contribution in [2.24, 2.45) is 17.8 Å². The molecule has 0 aliphatic heterocycles. The molecule has 1 aromatic heterocycles. The van der Waals surface area contributed by atoms with E-state index in [2.05, 4.69) is 10.4 Å². The van der Waals surface area contributed by atoms with Gasteiger partial charge in [0.2, 0.25) is 0 Å². The van der Waals surface area contributed by atoms with Crippen LogP contribution in [0, 0.1) is 17.8 Å². The van der Waals surface area contributed by atoms with Gasteiger partial charge in [-0.05, 0) is 70.6 Å². The number of halogens is 5. The van der Waals surface area contributed by atoms with Crippen LogP contribution in [0.4, 0.5) is 22.0 Å². The molecule has 4 aliphatic carbocycles. The van der Waals surface area contributed by atoms with Crippen LogP contribution < -0.4 is 5.32 Å². The molecular formula is C20H26F5N3O2. The summed E-state index contributed by atoms with van der Waals surface area (Å²) in [5.41, 5.74) is -4.14. The van der Waals surface area contributed by atoms with Gasteiger partial charge in [-0.2, -0.15) is 27.1 Å². The molecule has 2 N–H and O–H groups in total. The monoisotopic (exact) mass is 435 g/mol. The molecule has 4 saturated carbocycles. The molecule has 0 aromatic carbocycles. The number of nitrogens with zero attached hydrogens (tertiary/aromatic N) is 2. The lowest BCUT2D eigenvalue weighted by molar-refractivity contribution is -0.292. The third-order valence-electron chi connectivity index (χ3n) is 6.84. The van der Waals surface area contributed by atoms with Gasteiger partial charge >= 0.3 is 12.1 Å². The lowest BCUT2D eigenvalue weighted by atomic mass is 9.52. The number of aromatic nitrogens is 2. The van der Waals surface area contributed by atoms with Crippen LogP contribution in [-0.4, -0.2) is 38.6 Å². The highest BCUT2D eigenvalue weighted by molar-refractivity contribution is 5.95. The van der Waals surface area contributed by atoms with E-state index in [1.165, 1.54) is 20.8 Å². The highest BCUT2D eigenvalue weighted by atomic mass is 19.4. The minimum Gasteiger partial charge on any atom is -0.390 e. The largest absolute Gasteiger partial charge is 0.459 e. The van der Waals surface area contributed by atoms with Crippen LogP contribution in [0.3, 0.4) is 0 Å². The lowest BCUT2D eigenvalue weighted by Gasteiger charge is -2.58. The van der Waals surface area contributed by atoms with Gasteiger partial charge in [0.1, 0.15) is 5.69 Å². The zero-order valence-electron chi connectivity index (χ0n) is 17.1. The molecule has 168 valence electrons. The van der Waals surface area contributed by atoms with E-state index in [9.17, 15) is 31.9 Å². The maximum Gasteiger partial charge on any atom is 0.459 e. The van der Waals surface area contributed by atoms with Gasteiger partial charge in [0.15, 0.2) is 0 Å². The predicted molar refractivity (Wildman–Crippen MR) is 96.9 cm³/mol. The first-order valence-electron chi connectivity index (χ1n) is 10.2. The zero-order valence-corrected chi connectivity index (χ0v) is 17.1. The summed E-state index contributed by atoms with van der Waals surface area (Å²) < 4.78 is 69.0. The van der Waals surface area contributed by atoms with Gasteiger partial charge in [-0.1, -0.05) is 0 Å². The summed E-state index contributed by atoms with van der Waals surface area (Å²) in [7, 11) is 0. The van der Waals surface area contributed by atoms with Crippen molar-refractivity contribution in [3.05, 3.63) is 17.5 Å². The van der Waals surface area contributed by atoms with Crippen molar-refractivity contribution in [3.63, 3.8) is 0 Å². The number of rotatable bonds is 3. The van der Waals surface area contributed by atoms with E-state index in [1.807, 2.05) is 0 Å². The summed E-state index contributed by atoms with van der Waals surface area (Å²) in [6, 6.07) is -0.348. The molecule has 5 nitrogen and oxygen atoms in total. The summed E-state index contributed by atoms with van der Waals surface area (Å²) in [6.07, 6.45) is -1.68. The summed E-state index contributed by atoms with van der Waals surface area (Å²) in [5, 5.41) is 17.1. The Bertz CT molecular complexity index is 842. The highest BCUT2D eigenvalue weighted by Gasteiger charge is 2.63. The van der Waals surface area contributed by atoms with Crippen molar-refractivity contribution in [2.75, 3.05) is 0 Å². The van der Waals surface area contributed by atoms with Crippen LogP contribution in [0.5, 0.6) is 0 Å². The number of hydrogen-bond acceptors (Lipinski definition) is 3. The van der Waals surface area contributed by atoms with Crippen molar-refractivity contribution in [3.8, 4) is 0 Å². The average Bonchev–Trinajstić information content (AvgIpc) is 3.01. The minimum absolute atomic E-state index is 0.00515. The highest BCUT2D eigenvalue weighted by Crippen LogP contribution is 2.55. The van der Waals surface area contributed by atoms with E-state index in [0.29, 0.717) is 23.4 Å². The quantitative estimate of drug-likeness (QED) is 0.707. The van der Waals surface area contributed by atoms with Crippen molar-refractivity contribution in [1.29, 1.82) is 0 Å². The van der Waals surface area contributed by atoms with Crippen molar-refractivity contribution >= 4 is 5.91 Å². The number of hydrogen-bond donors (Lipinski definition) is 2. The smallest absolute Gasteiger partial charge is 0.390 e. The van der Waals surface area contributed by atoms with Gasteiger partial charge in [0.05, 0.1) is 22.9 Å². The molecule has 0 radical (unpaired) electrons. The van der Waals surface area contributed by atoms with Crippen LogP contribution in [0.15, 0.2) is 6.20 Å². The Balaban J connectivity index is 1.66. The van der Waals surface area contributed by atoms with Gasteiger partial charge in [-0.15, -0.1) is 0 Å². The first-order chi connectivity index (χ1) is 13.6. The van der Waals surface area contributed by atoms with E-state index < -0.39 is 40.4 Å². The SMILES string of the molecule is CC(C)(C)n1ncc(C(=O)NC2[C@@H]3CC4C[C@H]2CC(O)(C4)C3)c1C(F)(F)C(F)(F)F. The van der Waals surface area contributed by atoms with Crippen LogP contribution >= 0.6 is 0 Å². The number of carbonyl (C=O) groups excluding carboxylic acids is 1. The molecule has 30 heavy (non-hydrogen) atoms. The Labute approximate surface area is 171 Å². The normalized spacial score (nSPS) is 33.8. The second-order valence-electron chi connectivity index (χ2n) is 10.3. The molecule has 0 spiro atoms. The van der Waals surface area contributed by atoms with E-state index >= 15 is 0 Å². The van der Waals surface area contributed by atoms with Gasteiger partial charge in [-0.25, -0.2) is 0 Å². The van der Waals surface area contributed by atoms with Gasteiger partial charge in [0, 0.05) is 6.04 Å². The summed E-state index contributed by atoms with van der Waals surface area (Å²) in [6.45, 7) is 4.32. The van der Waals surface area contributed by atoms with E-state index in [1.54, 1.807) is 0 Å². The average molecular weight is 435 g/mol. The van der Waals surface area contributed by atoms with Gasteiger partial charge < -0.3 is 10.4 Å². The Kier molecular flexibility index (Phi) is 4.59. The summed E-state index contributed by atoms with van der Waals surface area (Å²) >= 11 is 0. The fraction of sp³-hybridized carbons (Fsp3) is 0.800. The van der Waals surface area contributed by atoms with Crippen LogP contribution in [0.1, 0.15) is 68.9 Å². The van der Waals surface area contributed by atoms with Gasteiger partial charge in [0.25, 0.3) is 5.91 Å². The van der Waals surface area contributed by atoms with Crippen molar-refractivity contribution in [1.82, 2.24) is 15.1 Å². The second kappa shape index (κ2) is 6.40. The third-order valence-corrected chi connectivity index (χ3v) is 6.84. The molecule has 5 atom stereocenters. The predicted octanol–water partition coefficient (Wildman–Crippen LogP) is 3.96. The number of amides is 1. The molecular weight excluding hydrogens is 409 g/mol. The maximum absolute atomic E-state index is 14.4. The molecule has 1 heterocycles. The van der Waals surface area contributed by atoms with Crippen molar-refractivity contribution in [2.45, 2.75) is 82.2 Å². The minimum atomic E-state index is -5.86. The third kappa shape index (κ3) is 3.31. The first-order valence-corrected chi connectivity index (χ1v) is 10.2. The zero-order chi connectivity index (χ0) is 22.3. The Morgan fingerprint density at radius 1 is 1.13 bits per heavy atom. The molecule has 5 rings (SSSR count). The molecule has 4 aliphatic rings. The molecule has 3 unspecified atom stereocenters. The molecule has 0 saturated heterocycles. The molecule has 1 aromatic rings. The first kappa shape index (κ1) is 21.5. The molecule has 1 amide bonds. The van der Waals surface area contributed by atoms with Crippen LogP contribution in [0.2, 0.25) is 0 Å². The number of carbonyl (C=O) groups is 1. The van der Waals surface area contributed by atoms with Crippen molar-refractivity contribution < 1.29 is 31.9 Å². The Hall–Kier alpha value is -1.71. The standard InChI is InChI=1S/C20H26F5N3O2/c1-17(2,3)28-15(19(21,22)20(23,24)25)13(9-26-28)16(29)27-14-11-4-10-5-12(14)8-18(30,6-10)7-11/h9-12,14,30H,4-8H2,1-3H3,(H,27,29)/t10?,11-,12+,14?,18?. The number of alkyl halides is 5. The number of aliphatic hydroxyl groups is 1. The molecule has 4 bridgehead atoms. The number of nitrogens with one attached hydrogen (secondary N) is 1. The Morgan fingerprint density at radius 2 is 1.70 bits per heavy atom. The molecule has 10 heteroatoms. The van der Waals surface area contributed by atoms with Gasteiger partial charge in [-0.3, -0.25) is 9.48 Å². The lowest BCUT2D eigenvalue weighted by Crippen LogP contribution is -2.61. The fourth-order valence-electron chi connectivity index (χ4n) is 5.91. The topological polar surface area (TPSA) is 67.2 Å². The van der Waals surface area contributed by atoms with E-state index in [-0.39, 0.29) is 17.9 Å². The fourth-order valence-corrected chi connectivity index (χ4v) is 5.91. The van der Waals surface area contributed by atoms with E-state index in [0.717, 1.165) is 25.5 Å².